The zero-order valence-electron chi connectivity index (χ0n) is 8.81. The molecule has 0 radical (unpaired) electrons. The SMILES string of the molecule is CC(O)(c1cccc(O)c1)C1CCSC1. The van der Waals surface area contributed by atoms with Crippen LogP contribution in [0, 0.1) is 5.92 Å². The predicted molar refractivity (Wildman–Crippen MR) is 63.1 cm³/mol. The zero-order valence-corrected chi connectivity index (χ0v) is 9.63. The van der Waals surface area contributed by atoms with E-state index in [2.05, 4.69) is 0 Å². The first-order valence-electron chi connectivity index (χ1n) is 5.20. The molecule has 2 unspecified atom stereocenters. The van der Waals surface area contributed by atoms with Gasteiger partial charge in [-0.05, 0) is 42.5 Å². The van der Waals surface area contributed by atoms with Gasteiger partial charge in [-0.15, -0.1) is 0 Å². The van der Waals surface area contributed by atoms with Crippen molar-refractivity contribution < 1.29 is 10.2 Å². The lowest BCUT2D eigenvalue weighted by atomic mass is 9.82. The first kappa shape index (κ1) is 10.8. The summed E-state index contributed by atoms with van der Waals surface area (Å²) in [5, 5.41) is 19.9. The molecule has 0 aliphatic carbocycles. The van der Waals surface area contributed by atoms with Gasteiger partial charge in [0.05, 0.1) is 5.60 Å². The predicted octanol–water partition coefficient (Wildman–Crippen LogP) is 2.35. The lowest BCUT2D eigenvalue weighted by Gasteiger charge is -2.30. The molecule has 0 spiro atoms. The number of thioether (sulfide) groups is 1. The molecule has 1 aromatic carbocycles. The van der Waals surface area contributed by atoms with Crippen molar-refractivity contribution in [2.45, 2.75) is 18.9 Å². The molecule has 2 N–H and O–H groups in total. The average molecular weight is 224 g/mol. The molecule has 1 fully saturated rings. The van der Waals surface area contributed by atoms with E-state index in [1.807, 2.05) is 24.8 Å². The van der Waals surface area contributed by atoms with Gasteiger partial charge in [0, 0.05) is 5.92 Å². The first-order chi connectivity index (χ1) is 7.10. The second-order valence-corrected chi connectivity index (χ2v) is 5.41. The summed E-state index contributed by atoms with van der Waals surface area (Å²) in [5.41, 5.74) is -0.00241. The maximum atomic E-state index is 10.5. The van der Waals surface area contributed by atoms with Crippen LogP contribution in [-0.4, -0.2) is 21.7 Å². The number of hydrogen-bond donors (Lipinski definition) is 2. The normalized spacial score (nSPS) is 25.1. The Morgan fingerprint density at radius 2 is 2.27 bits per heavy atom. The standard InChI is InChI=1S/C12H16O2S/c1-12(14,10-5-6-15-8-10)9-3-2-4-11(13)7-9/h2-4,7,10,13-14H,5-6,8H2,1H3. The highest BCUT2D eigenvalue weighted by Gasteiger charge is 2.35. The van der Waals surface area contributed by atoms with Crippen molar-refractivity contribution in [3.8, 4) is 5.75 Å². The summed E-state index contributed by atoms with van der Waals surface area (Å²) in [5.74, 6) is 2.64. The van der Waals surface area contributed by atoms with Crippen molar-refractivity contribution in [2.75, 3.05) is 11.5 Å². The molecule has 1 saturated heterocycles. The smallest absolute Gasteiger partial charge is 0.115 e. The van der Waals surface area contributed by atoms with Gasteiger partial charge >= 0.3 is 0 Å². The second-order valence-electron chi connectivity index (χ2n) is 4.26. The van der Waals surface area contributed by atoms with E-state index in [9.17, 15) is 10.2 Å². The Morgan fingerprint density at radius 3 is 2.87 bits per heavy atom. The van der Waals surface area contributed by atoms with Gasteiger partial charge in [0.2, 0.25) is 0 Å². The van der Waals surface area contributed by atoms with Crippen LogP contribution >= 0.6 is 11.8 Å². The van der Waals surface area contributed by atoms with Crippen molar-refractivity contribution in [3.05, 3.63) is 29.8 Å². The Balaban J connectivity index is 2.27. The van der Waals surface area contributed by atoms with E-state index in [0.717, 1.165) is 23.5 Å². The van der Waals surface area contributed by atoms with Crippen LogP contribution in [0.5, 0.6) is 5.75 Å². The molecule has 3 heteroatoms. The maximum absolute atomic E-state index is 10.5. The van der Waals surface area contributed by atoms with Crippen molar-refractivity contribution >= 4 is 11.8 Å². The molecule has 0 bridgehead atoms. The summed E-state index contributed by atoms with van der Waals surface area (Å²) in [7, 11) is 0. The van der Waals surface area contributed by atoms with Crippen LogP contribution in [0.1, 0.15) is 18.9 Å². The van der Waals surface area contributed by atoms with Crippen LogP contribution in [0.25, 0.3) is 0 Å². The number of phenols is 1. The van der Waals surface area contributed by atoms with Crippen LogP contribution in [-0.2, 0) is 5.60 Å². The van der Waals surface area contributed by atoms with Crippen molar-refractivity contribution in [1.29, 1.82) is 0 Å². The largest absolute Gasteiger partial charge is 0.508 e. The fourth-order valence-electron chi connectivity index (χ4n) is 2.03. The molecule has 82 valence electrons. The lowest BCUT2D eigenvalue weighted by molar-refractivity contribution is 0.00456. The van der Waals surface area contributed by atoms with E-state index in [1.54, 1.807) is 18.2 Å². The molecule has 1 aromatic rings. The Hall–Kier alpha value is -0.670. The number of aromatic hydroxyl groups is 1. The molecule has 2 nitrogen and oxygen atoms in total. The molecule has 2 atom stereocenters. The molecule has 0 aromatic heterocycles. The molecule has 15 heavy (non-hydrogen) atoms. The third kappa shape index (κ3) is 2.13. The fourth-order valence-corrected chi connectivity index (χ4v) is 3.43. The van der Waals surface area contributed by atoms with Crippen molar-refractivity contribution in [1.82, 2.24) is 0 Å². The van der Waals surface area contributed by atoms with Crippen LogP contribution in [0.15, 0.2) is 24.3 Å². The number of phenolic OH excluding ortho intramolecular Hbond substituents is 1. The molecule has 2 rings (SSSR count). The monoisotopic (exact) mass is 224 g/mol. The van der Waals surface area contributed by atoms with Crippen LogP contribution < -0.4 is 0 Å². The number of rotatable bonds is 2. The van der Waals surface area contributed by atoms with Crippen LogP contribution in [0.3, 0.4) is 0 Å². The van der Waals surface area contributed by atoms with Gasteiger partial charge in [0.1, 0.15) is 5.75 Å². The zero-order chi connectivity index (χ0) is 10.9. The molecule has 1 aliphatic heterocycles. The highest BCUT2D eigenvalue weighted by molar-refractivity contribution is 7.99. The van der Waals surface area contributed by atoms with E-state index in [0.29, 0.717) is 5.92 Å². The third-order valence-electron chi connectivity index (χ3n) is 3.16. The quantitative estimate of drug-likeness (QED) is 0.810. The van der Waals surface area contributed by atoms with Gasteiger partial charge in [0.15, 0.2) is 0 Å². The second kappa shape index (κ2) is 4.06. The Labute approximate surface area is 94.3 Å². The minimum atomic E-state index is -0.817. The summed E-state index contributed by atoms with van der Waals surface area (Å²) in [4.78, 5) is 0. The average Bonchev–Trinajstić information content (AvgIpc) is 2.71. The number of hydrogen-bond acceptors (Lipinski definition) is 3. The van der Waals surface area contributed by atoms with Gasteiger partial charge in [-0.3, -0.25) is 0 Å². The molecule has 1 aliphatic rings. The van der Waals surface area contributed by atoms with Crippen molar-refractivity contribution in [3.63, 3.8) is 0 Å². The molecule has 0 amide bonds. The summed E-state index contributed by atoms with van der Waals surface area (Å²) in [6, 6.07) is 6.94. The molecular formula is C12H16O2S. The van der Waals surface area contributed by atoms with Gasteiger partial charge in [-0.2, -0.15) is 11.8 Å². The van der Waals surface area contributed by atoms with Gasteiger partial charge < -0.3 is 10.2 Å². The summed E-state index contributed by atoms with van der Waals surface area (Å²) < 4.78 is 0. The van der Waals surface area contributed by atoms with Crippen LogP contribution in [0.2, 0.25) is 0 Å². The lowest BCUT2D eigenvalue weighted by Crippen LogP contribution is -2.31. The van der Waals surface area contributed by atoms with Gasteiger partial charge in [-0.1, -0.05) is 12.1 Å². The summed E-state index contributed by atoms with van der Waals surface area (Å²) in [6.07, 6.45) is 1.05. The minimum Gasteiger partial charge on any atom is -0.508 e. The third-order valence-corrected chi connectivity index (χ3v) is 4.32. The molecule has 1 heterocycles. The molecular weight excluding hydrogens is 208 g/mol. The van der Waals surface area contributed by atoms with Gasteiger partial charge in [0.25, 0.3) is 0 Å². The summed E-state index contributed by atoms with van der Waals surface area (Å²) >= 11 is 1.89. The van der Waals surface area contributed by atoms with E-state index in [4.69, 9.17) is 0 Å². The Morgan fingerprint density at radius 1 is 1.47 bits per heavy atom. The van der Waals surface area contributed by atoms with E-state index in [-0.39, 0.29) is 5.75 Å². The topological polar surface area (TPSA) is 40.5 Å². The highest BCUT2D eigenvalue weighted by Crippen LogP contribution is 2.39. The Kier molecular flexibility index (Phi) is 2.94. The van der Waals surface area contributed by atoms with Gasteiger partial charge in [-0.25, -0.2) is 0 Å². The Bertz CT molecular complexity index is 343. The maximum Gasteiger partial charge on any atom is 0.115 e. The van der Waals surface area contributed by atoms with Crippen molar-refractivity contribution in [2.24, 2.45) is 5.92 Å². The number of aliphatic hydroxyl groups is 1. The van der Waals surface area contributed by atoms with E-state index < -0.39 is 5.60 Å². The van der Waals surface area contributed by atoms with E-state index in [1.165, 1.54) is 0 Å². The highest BCUT2D eigenvalue weighted by atomic mass is 32.2. The molecule has 0 saturated carbocycles. The minimum absolute atomic E-state index is 0.221. The first-order valence-corrected chi connectivity index (χ1v) is 6.36. The van der Waals surface area contributed by atoms with E-state index >= 15 is 0 Å². The number of benzene rings is 1. The van der Waals surface area contributed by atoms with Crippen LogP contribution in [0.4, 0.5) is 0 Å². The fraction of sp³-hybridized carbons (Fsp3) is 0.500. The summed E-state index contributed by atoms with van der Waals surface area (Å²) in [6.45, 7) is 1.85.